The fourth-order valence-corrected chi connectivity index (χ4v) is 4.49. The predicted molar refractivity (Wildman–Crippen MR) is 125 cm³/mol. The highest BCUT2D eigenvalue weighted by atomic mass is 32.2. The van der Waals surface area contributed by atoms with E-state index >= 15 is 0 Å². The van der Waals surface area contributed by atoms with Crippen LogP contribution in [0.15, 0.2) is 82.3 Å². The van der Waals surface area contributed by atoms with E-state index in [2.05, 4.69) is 15.1 Å². The van der Waals surface area contributed by atoms with Gasteiger partial charge in [0.15, 0.2) is 0 Å². The second-order valence-corrected chi connectivity index (χ2v) is 9.32. The van der Waals surface area contributed by atoms with Crippen molar-refractivity contribution in [2.75, 3.05) is 5.32 Å². The lowest BCUT2D eigenvalue weighted by Gasteiger charge is -2.09. The molecule has 0 saturated heterocycles. The molecular formula is C24H24N4O4S. The van der Waals surface area contributed by atoms with Crippen LogP contribution >= 0.6 is 0 Å². The number of aryl methyl sites for hydroxylation is 1. The zero-order valence-corrected chi connectivity index (χ0v) is 19.1. The molecular weight excluding hydrogens is 440 g/mol. The van der Waals surface area contributed by atoms with Gasteiger partial charge >= 0.3 is 0 Å². The van der Waals surface area contributed by atoms with Crippen LogP contribution in [0.25, 0.3) is 5.69 Å². The minimum absolute atomic E-state index is 0.0587. The Bertz CT molecular complexity index is 1340. The van der Waals surface area contributed by atoms with Crippen molar-refractivity contribution in [1.29, 1.82) is 0 Å². The first-order valence-electron chi connectivity index (χ1n) is 10.4. The smallest absolute Gasteiger partial charge is 0.240 e. The first-order chi connectivity index (χ1) is 15.8. The van der Waals surface area contributed by atoms with Crippen molar-refractivity contribution in [3.63, 3.8) is 0 Å². The van der Waals surface area contributed by atoms with Crippen molar-refractivity contribution < 1.29 is 17.6 Å². The summed E-state index contributed by atoms with van der Waals surface area (Å²) in [6.45, 7) is 3.87. The van der Waals surface area contributed by atoms with E-state index < -0.39 is 10.0 Å². The maximum atomic E-state index is 12.7. The van der Waals surface area contributed by atoms with E-state index in [-0.39, 0.29) is 23.8 Å². The summed E-state index contributed by atoms with van der Waals surface area (Å²) in [5.74, 6) is 0.309. The summed E-state index contributed by atoms with van der Waals surface area (Å²) in [7, 11) is -3.70. The fourth-order valence-electron chi connectivity index (χ4n) is 3.50. The highest BCUT2D eigenvalue weighted by Crippen LogP contribution is 2.20. The van der Waals surface area contributed by atoms with Crippen molar-refractivity contribution in [3.05, 3.63) is 95.7 Å². The SMILES string of the molecule is Cc1nn(-c2ccccc2)c(C)c1CC(=O)Nc1ccc(S(=O)(=O)NCc2ccco2)cc1. The van der Waals surface area contributed by atoms with Crippen molar-refractivity contribution in [2.45, 2.75) is 31.7 Å². The Kier molecular flexibility index (Phi) is 6.43. The second-order valence-electron chi connectivity index (χ2n) is 7.55. The minimum atomic E-state index is -3.70. The van der Waals surface area contributed by atoms with Gasteiger partial charge in [0.2, 0.25) is 15.9 Å². The second kappa shape index (κ2) is 9.43. The lowest BCUT2D eigenvalue weighted by molar-refractivity contribution is -0.115. The molecule has 2 N–H and O–H groups in total. The van der Waals surface area contributed by atoms with Gasteiger partial charge in [0.05, 0.1) is 35.5 Å². The number of amides is 1. The number of anilines is 1. The maximum Gasteiger partial charge on any atom is 0.240 e. The first-order valence-corrected chi connectivity index (χ1v) is 11.8. The van der Waals surface area contributed by atoms with E-state index in [9.17, 15) is 13.2 Å². The third kappa shape index (κ3) is 5.21. The Morgan fingerprint density at radius 3 is 2.39 bits per heavy atom. The number of furan rings is 1. The molecule has 170 valence electrons. The summed E-state index contributed by atoms with van der Waals surface area (Å²) >= 11 is 0. The molecule has 1 amide bonds. The molecule has 2 aromatic heterocycles. The minimum Gasteiger partial charge on any atom is -0.468 e. The first kappa shape index (κ1) is 22.5. The molecule has 0 aliphatic heterocycles. The number of sulfonamides is 1. The van der Waals surface area contributed by atoms with Crippen LogP contribution in [0.4, 0.5) is 5.69 Å². The lowest BCUT2D eigenvalue weighted by Crippen LogP contribution is -2.23. The lowest BCUT2D eigenvalue weighted by atomic mass is 10.1. The van der Waals surface area contributed by atoms with Gasteiger partial charge in [-0.15, -0.1) is 0 Å². The molecule has 33 heavy (non-hydrogen) atoms. The van der Waals surface area contributed by atoms with Crippen molar-refractivity contribution in [3.8, 4) is 5.69 Å². The van der Waals surface area contributed by atoms with E-state index in [1.807, 2.05) is 48.9 Å². The van der Waals surface area contributed by atoms with E-state index in [0.717, 1.165) is 22.6 Å². The standard InChI is InChI=1S/C24H24N4O4S/c1-17-23(18(2)28(27-17)20-7-4-3-5-8-20)15-24(29)26-19-10-12-22(13-11-19)33(30,31)25-16-21-9-6-14-32-21/h3-14,25H,15-16H2,1-2H3,(H,26,29). The van der Waals surface area contributed by atoms with Gasteiger partial charge in [-0.1, -0.05) is 18.2 Å². The molecule has 0 unspecified atom stereocenters. The van der Waals surface area contributed by atoms with Gasteiger partial charge in [-0.25, -0.2) is 17.8 Å². The van der Waals surface area contributed by atoms with Crippen LogP contribution < -0.4 is 10.0 Å². The average Bonchev–Trinajstić information content (AvgIpc) is 3.43. The fraction of sp³-hybridized carbons (Fsp3) is 0.167. The molecule has 0 atom stereocenters. The number of hydrogen-bond acceptors (Lipinski definition) is 5. The van der Waals surface area contributed by atoms with Crippen LogP contribution in [0.3, 0.4) is 0 Å². The maximum absolute atomic E-state index is 12.7. The molecule has 0 aliphatic carbocycles. The van der Waals surface area contributed by atoms with E-state index in [0.29, 0.717) is 11.4 Å². The van der Waals surface area contributed by atoms with Gasteiger partial charge in [0, 0.05) is 16.9 Å². The number of rotatable bonds is 8. The summed E-state index contributed by atoms with van der Waals surface area (Å²) in [6, 6.07) is 19.1. The summed E-state index contributed by atoms with van der Waals surface area (Å²) in [5, 5.41) is 7.39. The molecule has 0 radical (unpaired) electrons. The van der Waals surface area contributed by atoms with Crippen molar-refractivity contribution in [1.82, 2.24) is 14.5 Å². The van der Waals surface area contributed by atoms with Gasteiger partial charge in [-0.3, -0.25) is 4.79 Å². The highest BCUT2D eigenvalue weighted by molar-refractivity contribution is 7.89. The number of para-hydroxylation sites is 1. The van der Waals surface area contributed by atoms with Crippen LogP contribution in [-0.4, -0.2) is 24.1 Å². The molecule has 8 nitrogen and oxygen atoms in total. The molecule has 9 heteroatoms. The number of aromatic nitrogens is 2. The van der Waals surface area contributed by atoms with Gasteiger partial charge in [-0.05, 0) is 62.4 Å². The largest absolute Gasteiger partial charge is 0.468 e. The van der Waals surface area contributed by atoms with Gasteiger partial charge in [0.1, 0.15) is 5.76 Å². The average molecular weight is 465 g/mol. The molecule has 0 fully saturated rings. The van der Waals surface area contributed by atoms with Crippen LogP contribution in [0, 0.1) is 13.8 Å². The topological polar surface area (TPSA) is 106 Å². The van der Waals surface area contributed by atoms with Crippen molar-refractivity contribution in [2.24, 2.45) is 0 Å². The van der Waals surface area contributed by atoms with E-state index in [1.54, 1.807) is 24.3 Å². The Labute approximate surface area is 192 Å². The summed E-state index contributed by atoms with van der Waals surface area (Å²) < 4.78 is 34.3. The monoisotopic (exact) mass is 464 g/mol. The van der Waals surface area contributed by atoms with Crippen LogP contribution in [0.5, 0.6) is 0 Å². The number of benzene rings is 2. The highest BCUT2D eigenvalue weighted by Gasteiger charge is 2.17. The zero-order valence-electron chi connectivity index (χ0n) is 18.3. The predicted octanol–water partition coefficient (Wildman–Crippen LogP) is 3.74. The van der Waals surface area contributed by atoms with E-state index in [1.165, 1.54) is 18.4 Å². The molecule has 0 spiro atoms. The molecule has 2 heterocycles. The number of nitrogens with one attached hydrogen (secondary N) is 2. The van der Waals surface area contributed by atoms with E-state index in [4.69, 9.17) is 4.42 Å². The number of carbonyl (C=O) groups is 1. The molecule has 4 rings (SSSR count). The quantitative estimate of drug-likeness (QED) is 0.413. The van der Waals surface area contributed by atoms with Crippen LogP contribution in [0.2, 0.25) is 0 Å². The van der Waals surface area contributed by atoms with Gasteiger partial charge in [-0.2, -0.15) is 5.10 Å². The normalized spacial score (nSPS) is 11.5. The van der Waals surface area contributed by atoms with Gasteiger partial charge in [0.25, 0.3) is 0 Å². The Morgan fingerprint density at radius 1 is 1.00 bits per heavy atom. The summed E-state index contributed by atoms with van der Waals surface area (Å²) in [6.07, 6.45) is 1.64. The number of nitrogens with zero attached hydrogens (tertiary/aromatic N) is 2. The Balaban J connectivity index is 1.41. The molecule has 2 aromatic carbocycles. The third-order valence-electron chi connectivity index (χ3n) is 5.24. The summed E-state index contributed by atoms with van der Waals surface area (Å²) in [5.41, 5.74) is 3.99. The zero-order chi connectivity index (χ0) is 23.4. The molecule has 0 aliphatic rings. The van der Waals surface area contributed by atoms with Gasteiger partial charge < -0.3 is 9.73 Å². The van der Waals surface area contributed by atoms with Crippen LogP contribution in [0.1, 0.15) is 22.7 Å². The molecule has 0 bridgehead atoms. The van der Waals surface area contributed by atoms with Crippen LogP contribution in [-0.2, 0) is 27.8 Å². The third-order valence-corrected chi connectivity index (χ3v) is 6.66. The number of hydrogen-bond donors (Lipinski definition) is 2. The number of carbonyl (C=O) groups excluding carboxylic acids is 1. The molecule has 0 saturated carbocycles. The Hall–Kier alpha value is -3.69. The molecule has 4 aromatic rings. The summed E-state index contributed by atoms with van der Waals surface area (Å²) in [4.78, 5) is 12.8. The van der Waals surface area contributed by atoms with Crippen molar-refractivity contribution >= 4 is 21.6 Å². The Morgan fingerprint density at radius 2 is 1.73 bits per heavy atom.